The molecular weight excluding hydrogens is 190 g/mol. The summed E-state index contributed by atoms with van der Waals surface area (Å²) in [6.45, 7) is 1.59. The number of aliphatic hydroxyl groups is 1. The number of hydrogen-bond donors (Lipinski definition) is 2. The average Bonchev–Trinajstić information content (AvgIpc) is 2.30. The number of aldehydes is 1. The SMILES string of the molecule is O=Cc1ccccc1C1(O)CCNCC1. The topological polar surface area (TPSA) is 49.3 Å². The minimum Gasteiger partial charge on any atom is -0.385 e. The number of nitrogens with one attached hydrogen (secondary N) is 1. The Hall–Kier alpha value is -1.19. The Morgan fingerprint density at radius 1 is 1.27 bits per heavy atom. The van der Waals surface area contributed by atoms with E-state index in [-0.39, 0.29) is 0 Å². The third kappa shape index (κ3) is 1.94. The van der Waals surface area contributed by atoms with Crippen molar-refractivity contribution in [3.63, 3.8) is 0 Å². The van der Waals surface area contributed by atoms with Crippen LogP contribution in [0.2, 0.25) is 0 Å². The van der Waals surface area contributed by atoms with Crippen LogP contribution in [0.1, 0.15) is 28.8 Å². The van der Waals surface area contributed by atoms with Gasteiger partial charge in [-0.15, -0.1) is 0 Å². The highest BCUT2D eigenvalue weighted by atomic mass is 16.3. The zero-order valence-electron chi connectivity index (χ0n) is 8.57. The van der Waals surface area contributed by atoms with E-state index in [2.05, 4.69) is 5.32 Å². The summed E-state index contributed by atoms with van der Waals surface area (Å²) in [5.74, 6) is 0. The average molecular weight is 205 g/mol. The standard InChI is InChI=1S/C12H15NO2/c14-9-10-3-1-2-4-11(10)12(15)5-7-13-8-6-12/h1-4,9,13,15H,5-8H2. The third-order valence-electron chi connectivity index (χ3n) is 3.02. The molecule has 0 amide bonds. The molecule has 2 N–H and O–H groups in total. The van der Waals surface area contributed by atoms with Crippen LogP contribution in [0.25, 0.3) is 0 Å². The van der Waals surface area contributed by atoms with E-state index in [4.69, 9.17) is 0 Å². The van der Waals surface area contributed by atoms with Gasteiger partial charge in [0, 0.05) is 5.56 Å². The van der Waals surface area contributed by atoms with E-state index < -0.39 is 5.60 Å². The van der Waals surface area contributed by atoms with Crippen LogP contribution in [0, 0.1) is 0 Å². The second kappa shape index (κ2) is 4.13. The molecule has 2 rings (SSSR count). The van der Waals surface area contributed by atoms with Gasteiger partial charge in [0.2, 0.25) is 0 Å². The predicted molar refractivity (Wildman–Crippen MR) is 57.8 cm³/mol. The lowest BCUT2D eigenvalue weighted by atomic mass is 9.83. The van der Waals surface area contributed by atoms with E-state index in [0.29, 0.717) is 18.4 Å². The number of carbonyl (C=O) groups excluding carboxylic acids is 1. The Labute approximate surface area is 89.1 Å². The predicted octanol–water partition coefficient (Wildman–Crippen LogP) is 1.07. The molecule has 0 bridgehead atoms. The van der Waals surface area contributed by atoms with Gasteiger partial charge in [0.15, 0.2) is 0 Å². The zero-order chi connectivity index (χ0) is 10.7. The third-order valence-corrected chi connectivity index (χ3v) is 3.02. The Balaban J connectivity index is 2.38. The second-order valence-corrected chi connectivity index (χ2v) is 3.99. The molecule has 3 nitrogen and oxygen atoms in total. The lowest BCUT2D eigenvalue weighted by Gasteiger charge is -2.33. The molecule has 1 aromatic carbocycles. The van der Waals surface area contributed by atoms with Gasteiger partial charge in [-0.3, -0.25) is 4.79 Å². The normalized spacial score (nSPS) is 19.8. The second-order valence-electron chi connectivity index (χ2n) is 3.99. The van der Waals surface area contributed by atoms with Crippen molar-refractivity contribution >= 4 is 6.29 Å². The van der Waals surface area contributed by atoms with E-state index in [1.807, 2.05) is 18.2 Å². The van der Waals surface area contributed by atoms with Crippen LogP contribution in [0.15, 0.2) is 24.3 Å². The zero-order valence-corrected chi connectivity index (χ0v) is 8.57. The monoisotopic (exact) mass is 205 g/mol. The summed E-state index contributed by atoms with van der Waals surface area (Å²) in [6.07, 6.45) is 2.14. The van der Waals surface area contributed by atoms with Gasteiger partial charge in [-0.1, -0.05) is 24.3 Å². The molecular formula is C12H15NO2. The van der Waals surface area contributed by atoms with Crippen molar-refractivity contribution in [2.24, 2.45) is 0 Å². The van der Waals surface area contributed by atoms with Crippen LogP contribution in [0.3, 0.4) is 0 Å². The number of benzene rings is 1. The molecule has 3 heteroatoms. The molecule has 1 aromatic rings. The van der Waals surface area contributed by atoms with E-state index in [0.717, 1.165) is 24.9 Å². The van der Waals surface area contributed by atoms with Gasteiger partial charge in [0.25, 0.3) is 0 Å². The molecule has 1 fully saturated rings. The van der Waals surface area contributed by atoms with Crippen molar-refractivity contribution < 1.29 is 9.90 Å². The molecule has 0 atom stereocenters. The minimum absolute atomic E-state index is 0.599. The molecule has 1 aliphatic heterocycles. The van der Waals surface area contributed by atoms with Crippen LogP contribution < -0.4 is 5.32 Å². The maximum absolute atomic E-state index is 10.9. The lowest BCUT2D eigenvalue weighted by Crippen LogP contribution is -2.40. The summed E-state index contributed by atoms with van der Waals surface area (Å²) in [5, 5.41) is 13.7. The summed E-state index contributed by atoms with van der Waals surface area (Å²) >= 11 is 0. The van der Waals surface area contributed by atoms with Crippen LogP contribution in [-0.4, -0.2) is 24.5 Å². The highest BCUT2D eigenvalue weighted by Gasteiger charge is 2.32. The first kappa shape index (κ1) is 10.3. The van der Waals surface area contributed by atoms with Crippen LogP contribution in [0.4, 0.5) is 0 Å². The van der Waals surface area contributed by atoms with Gasteiger partial charge >= 0.3 is 0 Å². The van der Waals surface area contributed by atoms with Gasteiger partial charge in [0.1, 0.15) is 6.29 Å². The number of carbonyl (C=O) groups is 1. The van der Waals surface area contributed by atoms with Crippen molar-refractivity contribution in [2.75, 3.05) is 13.1 Å². The summed E-state index contributed by atoms with van der Waals surface area (Å²) in [5.41, 5.74) is 0.534. The number of piperidine rings is 1. The largest absolute Gasteiger partial charge is 0.385 e. The maximum Gasteiger partial charge on any atom is 0.150 e. The van der Waals surface area contributed by atoms with E-state index in [9.17, 15) is 9.90 Å². The molecule has 0 spiro atoms. The highest BCUT2D eigenvalue weighted by Crippen LogP contribution is 2.31. The van der Waals surface area contributed by atoms with Gasteiger partial charge in [-0.2, -0.15) is 0 Å². The highest BCUT2D eigenvalue weighted by molar-refractivity contribution is 5.77. The number of rotatable bonds is 2. The number of hydrogen-bond acceptors (Lipinski definition) is 3. The molecule has 0 aromatic heterocycles. The Morgan fingerprint density at radius 3 is 2.60 bits per heavy atom. The molecule has 80 valence electrons. The van der Waals surface area contributed by atoms with E-state index >= 15 is 0 Å². The molecule has 0 aliphatic carbocycles. The summed E-state index contributed by atoms with van der Waals surface area (Å²) in [7, 11) is 0. The van der Waals surface area contributed by atoms with Gasteiger partial charge < -0.3 is 10.4 Å². The van der Waals surface area contributed by atoms with Crippen molar-refractivity contribution in [3.05, 3.63) is 35.4 Å². The van der Waals surface area contributed by atoms with Crippen LogP contribution >= 0.6 is 0 Å². The molecule has 15 heavy (non-hydrogen) atoms. The smallest absolute Gasteiger partial charge is 0.150 e. The molecule has 0 unspecified atom stereocenters. The fourth-order valence-corrected chi connectivity index (χ4v) is 2.13. The van der Waals surface area contributed by atoms with Crippen molar-refractivity contribution in [3.8, 4) is 0 Å². The molecule has 0 saturated carbocycles. The van der Waals surface area contributed by atoms with Crippen molar-refractivity contribution in [2.45, 2.75) is 18.4 Å². The quantitative estimate of drug-likeness (QED) is 0.710. The lowest BCUT2D eigenvalue weighted by molar-refractivity contribution is 0.00539. The minimum atomic E-state index is -0.831. The van der Waals surface area contributed by atoms with Crippen molar-refractivity contribution in [1.82, 2.24) is 5.32 Å². The molecule has 1 saturated heterocycles. The Bertz CT molecular complexity index is 356. The van der Waals surface area contributed by atoms with Gasteiger partial charge in [0.05, 0.1) is 5.60 Å². The Morgan fingerprint density at radius 2 is 1.93 bits per heavy atom. The Kier molecular flexibility index (Phi) is 2.84. The molecule has 0 radical (unpaired) electrons. The molecule has 1 aliphatic rings. The first-order chi connectivity index (χ1) is 7.26. The summed E-state index contributed by atoms with van der Waals surface area (Å²) in [4.78, 5) is 10.9. The fraction of sp³-hybridized carbons (Fsp3) is 0.417. The summed E-state index contributed by atoms with van der Waals surface area (Å²) < 4.78 is 0. The maximum atomic E-state index is 10.9. The fourth-order valence-electron chi connectivity index (χ4n) is 2.13. The van der Waals surface area contributed by atoms with E-state index in [1.165, 1.54) is 0 Å². The van der Waals surface area contributed by atoms with Gasteiger partial charge in [-0.25, -0.2) is 0 Å². The summed E-state index contributed by atoms with van der Waals surface area (Å²) in [6, 6.07) is 7.28. The van der Waals surface area contributed by atoms with Crippen LogP contribution in [0.5, 0.6) is 0 Å². The van der Waals surface area contributed by atoms with Crippen molar-refractivity contribution in [1.29, 1.82) is 0 Å². The first-order valence-corrected chi connectivity index (χ1v) is 5.24. The van der Waals surface area contributed by atoms with E-state index in [1.54, 1.807) is 6.07 Å². The first-order valence-electron chi connectivity index (χ1n) is 5.24. The van der Waals surface area contributed by atoms with Gasteiger partial charge in [-0.05, 0) is 31.5 Å². The van der Waals surface area contributed by atoms with Crippen LogP contribution in [-0.2, 0) is 5.60 Å². The molecule has 1 heterocycles.